The first-order valence-corrected chi connectivity index (χ1v) is 4.48. The minimum Gasteiger partial charge on any atom is -0.389 e. The molecule has 0 saturated heterocycles. The molecule has 0 saturated carbocycles. The molecule has 3 nitrogen and oxygen atoms in total. The van der Waals surface area contributed by atoms with Crippen molar-refractivity contribution >= 4 is 0 Å². The monoisotopic (exact) mass is 201 g/mol. The van der Waals surface area contributed by atoms with Gasteiger partial charge in [-0.2, -0.15) is 5.26 Å². The molecule has 0 aliphatic carbocycles. The summed E-state index contributed by atoms with van der Waals surface area (Å²) in [5.74, 6) is 2.44. The van der Waals surface area contributed by atoms with Gasteiger partial charge in [0.25, 0.3) is 0 Å². The molecule has 0 bridgehead atoms. The average Bonchev–Trinajstić information content (AvgIpc) is 2.28. The zero-order valence-corrected chi connectivity index (χ0v) is 8.09. The van der Waals surface area contributed by atoms with E-state index in [9.17, 15) is 10.2 Å². The fourth-order valence-corrected chi connectivity index (χ4v) is 1.24. The maximum absolute atomic E-state index is 9.67. The number of hydrogen-bond donors (Lipinski definition) is 2. The Hall–Kier alpha value is -1.81. The molecule has 0 radical (unpaired) electrons. The number of terminal acetylenes is 1. The molecular weight excluding hydrogens is 190 g/mol. The van der Waals surface area contributed by atoms with E-state index in [1.165, 1.54) is 0 Å². The van der Waals surface area contributed by atoms with E-state index < -0.39 is 12.2 Å². The summed E-state index contributed by atoms with van der Waals surface area (Å²) >= 11 is 0. The highest BCUT2D eigenvalue weighted by molar-refractivity contribution is 5.36. The second-order valence-electron chi connectivity index (χ2n) is 3.14. The van der Waals surface area contributed by atoms with Crippen LogP contribution < -0.4 is 0 Å². The van der Waals surface area contributed by atoms with Crippen molar-refractivity contribution in [3.05, 3.63) is 35.4 Å². The average molecular weight is 201 g/mol. The van der Waals surface area contributed by atoms with E-state index in [1.807, 2.05) is 0 Å². The van der Waals surface area contributed by atoms with Crippen LogP contribution in [0.15, 0.2) is 24.3 Å². The molecule has 1 aromatic rings. The zero-order valence-electron chi connectivity index (χ0n) is 8.09. The Morgan fingerprint density at radius 3 is 2.73 bits per heavy atom. The lowest BCUT2D eigenvalue weighted by Gasteiger charge is -2.15. The van der Waals surface area contributed by atoms with Crippen molar-refractivity contribution in [1.29, 1.82) is 5.26 Å². The molecule has 76 valence electrons. The fourth-order valence-electron chi connectivity index (χ4n) is 1.24. The Balaban J connectivity index is 2.87. The van der Waals surface area contributed by atoms with E-state index in [4.69, 9.17) is 11.7 Å². The van der Waals surface area contributed by atoms with Gasteiger partial charge in [-0.05, 0) is 17.7 Å². The van der Waals surface area contributed by atoms with E-state index in [0.717, 1.165) is 0 Å². The molecule has 1 rings (SSSR count). The summed E-state index contributed by atoms with van der Waals surface area (Å²) in [6, 6.07) is 8.50. The molecule has 0 aliphatic heterocycles. The lowest BCUT2D eigenvalue weighted by atomic mass is 10.0. The van der Waals surface area contributed by atoms with Gasteiger partial charge in [-0.3, -0.25) is 0 Å². The molecule has 15 heavy (non-hydrogen) atoms. The second-order valence-corrected chi connectivity index (χ2v) is 3.14. The van der Waals surface area contributed by atoms with Gasteiger partial charge in [-0.15, -0.1) is 6.42 Å². The number of aliphatic hydroxyl groups is 2. The van der Waals surface area contributed by atoms with Crippen molar-refractivity contribution in [2.45, 2.75) is 18.6 Å². The van der Waals surface area contributed by atoms with Crippen molar-refractivity contribution in [3.63, 3.8) is 0 Å². The standard InChI is InChI=1S/C12H11NO2/c1-2-9-4-3-5-10(8-9)12(15)11(14)6-7-13/h1,3-5,8,11-12,14-15H,6H2. The molecule has 0 heterocycles. The van der Waals surface area contributed by atoms with E-state index in [-0.39, 0.29) is 6.42 Å². The molecule has 0 aromatic heterocycles. The Morgan fingerprint density at radius 2 is 2.13 bits per heavy atom. The van der Waals surface area contributed by atoms with Crippen molar-refractivity contribution in [1.82, 2.24) is 0 Å². The summed E-state index contributed by atoms with van der Waals surface area (Å²) < 4.78 is 0. The Bertz CT molecular complexity index is 414. The highest BCUT2D eigenvalue weighted by Crippen LogP contribution is 2.19. The summed E-state index contributed by atoms with van der Waals surface area (Å²) in [5, 5.41) is 27.5. The number of aliphatic hydroxyl groups excluding tert-OH is 2. The molecule has 0 spiro atoms. The van der Waals surface area contributed by atoms with Gasteiger partial charge < -0.3 is 10.2 Å². The third-order valence-corrected chi connectivity index (χ3v) is 2.06. The van der Waals surface area contributed by atoms with Crippen molar-refractivity contribution in [3.8, 4) is 18.4 Å². The van der Waals surface area contributed by atoms with E-state index in [2.05, 4.69) is 5.92 Å². The summed E-state index contributed by atoms with van der Waals surface area (Å²) in [7, 11) is 0. The Kier molecular flexibility index (Phi) is 3.88. The topological polar surface area (TPSA) is 64.2 Å². The molecule has 2 unspecified atom stereocenters. The summed E-state index contributed by atoms with van der Waals surface area (Å²) in [5.41, 5.74) is 1.16. The predicted molar refractivity (Wildman–Crippen MR) is 55.6 cm³/mol. The normalized spacial score (nSPS) is 13.6. The number of benzene rings is 1. The molecule has 0 fully saturated rings. The maximum atomic E-state index is 9.67. The van der Waals surface area contributed by atoms with Crippen LogP contribution in [0.4, 0.5) is 0 Å². The lowest BCUT2D eigenvalue weighted by Crippen LogP contribution is -2.17. The third kappa shape index (κ3) is 2.82. The van der Waals surface area contributed by atoms with Crippen molar-refractivity contribution in [2.24, 2.45) is 0 Å². The van der Waals surface area contributed by atoms with Crippen molar-refractivity contribution < 1.29 is 10.2 Å². The van der Waals surface area contributed by atoms with Crippen LogP contribution >= 0.6 is 0 Å². The number of hydrogen-bond acceptors (Lipinski definition) is 3. The van der Waals surface area contributed by atoms with Crippen LogP contribution in [0.5, 0.6) is 0 Å². The van der Waals surface area contributed by atoms with E-state index >= 15 is 0 Å². The van der Waals surface area contributed by atoms with Gasteiger partial charge >= 0.3 is 0 Å². The van der Waals surface area contributed by atoms with Crippen LogP contribution in [0, 0.1) is 23.7 Å². The van der Waals surface area contributed by atoms with Gasteiger partial charge in [-0.1, -0.05) is 18.1 Å². The van der Waals surface area contributed by atoms with Crippen LogP contribution in [0.25, 0.3) is 0 Å². The summed E-state index contributed by atoms with van der Waals surface area (Å²) in [6.45, 7) is 0. The number of rotatable bonds is 3. The third-order valence-electron chi connectivity index (χ3n) is 2.06. The largest absolute Gasteiger partial charge is 0.389 e. The van der Waals surface area contributed by atoms with Crippen molar-refractivity contribution in [2.75, 3.05) is 0 Å². The lowest BCUT2D eigenvalue weighted by molar-refractivity contribution is 0.0216. The van der Waals surface area contributed by atoms with E-state index in [0.29, 0.717) is 11.1 Å². The van der Waals surface area contributed by atoms with Gasteiger partial charge in [-0.25, -0.2) is 0 Å². The Labute approximate surface area is 88.6 Å². The number of nitriles is 1. The maximum Gasteiger partial charge on any atom is 0.106 e. The van der Waals surface area contributed by atoms with Gasteiger partial charge in [0.15, 0.2) is 0 Å². The smallest absolute Gasteiger partial charge is 0.106 e. The van der Waals surface area contributed by atoms with Gasteiger partial charge in [0, 0.05) is 5.56 Å². The van der Waals surface area contributed by atoms with Crippen LogP contribution in [-0.4, -0.2) is 16.3 Å². The number of nitrogens with zero attached hydrogens (tertiary/aromatic N) is 1. The highest BCUT2D eigenvalue weighted by Gasteiger charge is 2.17. The van der Waals surface area contributed by atoms with E-state index in [1.54, 1.807) is 30.3 Å². The van der Waals surface area contributed by atoms with Crippen LogP contribution in [0.3, 0.4) is 0 Å². The highest BCUT2D eigenvalue weighted by atomic mass is 16.3. The molecule has 3 heteroatoms. The zero-order chi connectivity index (χ0) is 11.3. The molecule has 2 N–H and O–H groups in total. The molecule has 0 aliphatic rings. The SMILES string of the molecule is C#Cc1cccc(C(O)C(O)CC#N)c1. The first-order valence-electron chi connectivity index (χ1n) is 4.48. The minimum atomic E-state index is -1.08. The minimum absolute atomic E-state index is 0.110. The van der Waals surface area contributed by atoms with Crippen LogP contribution in [0.1, 0.15) is 23.7 Å². The molecular formula is C12H11NO2. The van der Waals surface area contributed by atoms with Gasteiger partial charge in [0.1, 0.15) is 6.10 Å². The summed E-state index contributed by atoms with van der Waals surface area (Å²) in [6.07, 6.45) is 2.95. The predicted octanol–water partition coefficient (Wildman–Crippen LogP) is 0.976. The second kappa shape index (κ2) is 5.17. The van der Waals surface area contributed by atoms with Crippen LogP contribution in [0.2, 0.25) is 0 Å². The quantitative estimate of drug-likeness (QED) is 0.716. The Morgan fingerprint density at radius 1 is 1.40 bits per heavy atom. The van der Waals surface area contributed by atoms with Crippen LogP contribution in [-0.2, 0) is 0 Å². The molecule has 0 amide bonds. The molecule has 1 aromatic carbocycles. The van der Waals surface area contributed by atoms with Gasteiger partial charge in [0.2, 0.25) is 0 Å². The first kappa shape index (κ1) is 11.3. The summed E-state index contributed by atoms with van der Waals surface area (Å²) in [4.78, 5) is 0. The van der Waals surface area contributed by atoms with Gasteiger partial charge in [0.05, 0.1) is 18.6 Å². The molecule has 2 atom stereocenters. The first-order chi connectivity index (χ1) is 7.19. The fraction of sp³-hybridized carbons (Fsp3) is 0.250.